The molecular formula is C17H25N3. The summed E-state index contributed by atoms with van der Waals surface area (Å²) >= 11 is 0. The summed E-state index contributed by atoms with van der Waals surface area (Å²) in [4.78, 5) is 5.30. The van der Waals surface area contributed by atoms with Gasteiger partial charge in [0.15, 0.2) is 0 Å². The topological polar surface area (TPSA) is 18.5 Å². The van der Waals surface area contributed by atoms with Gasteiger partial charge in [-0.05, 0) is 30.0 Å². The van der Waals surface area contributed by atoms with Crippen molar-refractivity contribution in [3.8, 4) is 0 Å². The molecule has 1 N–H and O–H groups in total. The fraction of sp³-hybridized carbons (Fsp3) is 0.647. The number of hydrogen-bond acceptors (Lipinski definition) is 3. The molecule has 3 aliphatic rings. The fourth-order valence-electron chi connectivity index (χ4n) is 4.16. The second-order valence-electron chi connectivity index (χ2n) is 6.50. The first-order valence-corrected chi connectivity index (χ1v) is 8.22. The first-order chi connectivity index (χ1) is 9.92. The van der Waals surface area contributed by atoms with Gasteiger partial charge in [0.05, 0.1) is 0 Å². The predicted molar refractivity (Wildman–Crippen MR) is 83.0 cm³/mol. The lowest BCUT2D eigenvalue weighted by atomic mass is 10.1. The van der Waals surface area contributed by atoms with E-state index >= 15 is 0 Å². The van der Waals surface area contributed by atoms with E-state index in [0.717, 1.165) is 32.2 Å². The number of benzene rings is 1. The Morgan fingerprint density at radius 3 is 2.60 bits per heavy atom. The molecule has 0 spiro atoms. The number of anilines is 1. The van der Waals surface area contributed by atoms with Crippen LogP contribution in [0.15, 0.2) is 18.2 Å². The van der Waals surface area contributed by atoms with Gasteiger partial charge in [-0.3, -0.25) is 4.90 Å². The molecule has 3 nitrogen and oxygen atoms in total. The lowest BCUT2D eigenvalue weighted by Gasteiger charge is -2.31. The molecule has 1 saturated heterocycles. The van der Waals surface area contributed by atoms with Crippen LogP contribution in [-0.2, 0) is 13.1 Å². The first-order valence-electron chi connectivity index (χ1n) is 8.22. The maximum absolute atomic E-state index is 3.45. The Morgan fingerprint density at radius 1 is 1.00 bits per heavy atom. The summed E-state index contributed by atoms with van der Waals surface area (Å²) in [5, 5.41) is 3.45. The highest BCUT2D eigenvalue weighted by molar-refractivity contribution is 5.58. The van der Waals surface area contributed by atoms with E-state index in [1.165, 1.54) is 44.5 Å². The third-order valence-corrected chi connectivity index (χ3v) is 5.28. The normalized spacial score (nSPS) is 24.3. The van der Waals surface area contributed by atoms with E-state index in [1.807, 2.05) is 0 Å². The molecule has 2 fully saturated rings. The Labute approximate surface area is 121 Å². The minimum Gasteiger partial charge on any atom is -0.369 e. The van der Waals surface area contributed by atoms with Gasteiger partial charge in [0.2, 0.25) is 0 Å². The molecule has 0 atom stereocenters. The van der Waals surface area contributed by atoms with Crippen molar-refractivity contribution < 1.29 is 0 Å². The van der Waals surface area contributed by atoms with Gasteiger partial charge in [-0.25, -0.2) is 0 Å². The zero-order valence-electron chi connectivity index (χ0n) is 12.3. The highest BCUT2D eigenvalue weighted by Gasteiger charge is 2.30. The Bertz CT molecular complexity index is 473. The SMILES string of the molecule is c1cc2c(c(N3CCNCC3)c1)CN(C1CCCC1)C2. The molecule has 0 unspecified atom stereocenters. The van der Waals surface area contributed by atoms with E-state index in [1.54, 1.807) is 11.1 Å². The summed E-state index contributed by atoms with van der Waals surface area (Å²) in [5.41, 5.74) is 4.69. The number of rotatable bonds is 2. The summed E-state index contributed by atoms with van der Waals surface area (Å²) in [7, 11) is 0. The van der Waals surface area contributed by atoms with Gasteiger partial charge in [-0.1, -0.05) is 25.0 Å². The minimum atomic E-state index is 0.846. The average Bonchev–Trinajstić information content (AvgIpc) is 3.16. The van der Waals surface area contributed by atoms with Crippen LogP contribution in [0.5, 0.6) is 0 Å². The first kappa shape index (κ1) is 12.7. The van der Waals surface area contributed by atoms with Gasteiger partial charge in [0.1, 0.15) is 0 Å². The number of hydrogen-bond donors (Lipinski definition) is 1. The molecule has 1 aromatic carbocycles. The van der Waals surface area contributed by atoms with Gasteiger partial charge in [-0.2, -0.15) is 0 Å². The molecule has 4 rings (SSSR count). The van der Waals surface area contributed by atoms with Crippen LogP contribution in [0.2, 0.25) is 0 Å². The standard InChI is InChI=1S/C17H25N3/c1-2-6-15(5-1)20-12-14-4-3-7-17(16(14)13-20)19-10-8-18-9-11-19/h3-4,7,15,18H,1-2,5-6,8-13H2. The minimum absolute atomic E-state index is 0.846. The molecule has 0 bridgehead atoms. The van der Waals surface area contributed by atoms with E-state index in [-0.39, 0.29) is 0 Å². The van der Waals surface area contributed by atoms with Crippen LogP contribution >= 0.6 is 0 Å². The summed E-state index contributed by atoms with van der Waals surface area (Å²) < 4.78 is 0. The van der Waals surface area contributed by atoms with Crippen molar-refractivity contribution in [2.24, 2.45) is 0 Å². The van der Waals surface area contributed by atoms with Crippen molar-refractivity contribution in [2.75, 3.05) is 31.1 Å². The predicted octanol–water partition coefficient (Wildman–Crippen LogP) is 2.35. The number of nitrogens with zero attached hydrogens (tertiary/aromatic N) is 2. The third kappa shape index (κ3) is 2.23. The zero-order valence-corrected chi connectivity index (χ0v) is 12.3. The molecule has 0 radical (unpaired) electrons. The average molecular weight is 271 g/mol. The fourth-order valence-corrected chi connectivity index (χ4v) is 4.16. The van der Waals surface area contributed by atoms with E-state index in [2.05, 4.69) is 33.3 Å². The van der Waals surface area contributed by atoms with E-state index < -0.39 is 0 Å². The van der Waals surface area contributed by atoms with Crippen molar-refractivity contribution in [1.29, 1.82) is 0 Å². The monoisotopic (exact) mass is 271 g/mol. The van der Waals surface area contributed by atoms with Crippen LogP contribution in [-0.4, -0.2) is 37.1 Å². The number of piperazine rings is 1. The maximum atomic E-state index is 3.45. The van der Waals surface area contributed by atoms with Crippen LogP contribution in [0.25, 0.3) is 0 Å². The molecular weight excluding hydrogens is 246 g/mol. The highest BCUT2D eigenvalue weighted by atomic mass is 15.2. The van der Waals surface area contributed by atoms with Crippen LogP contribution < -0.4 is 10.2 Å². The lowest BCUT2D eigenvalue weighted by Crippen LogP contribution is -2.44. The molecule has 1 saturated carbocycles. The number of nitrogens with one attached hydrogen (secondary N) is 1. The molecule has 1 aliphatic carbocycles. The van der Waals surface area contributed by atoms with Crippen LogP contribution in [0, 0.1) is 0 Å². The summed E-state index contributed by atoms with van der Waals surface area (Å²) in [6.07, 6.45) is 5.69. The Morgan fingerprint density at radius 2 is 1.80 bits per heavy atom. The Hall–Kier alpha value is -1.06. The maximum Gasteiger partial charge on any atom is 0.0416 e. The molecule has 3 heteroatoms. The number of fused-ring (bicyclic) bond motifs is 1. The van der Waals surface area contributed by atoms with Crippen LogP contribution in [0.4, 0.5) is 5.69 Å². The third-order valence-electron chi connectivity index (χ3n) is 5.28. The summed E-state index contributed by atoms with van der Waals surface area (Å²) in [6, 6.07) is 7.78. The molecule has 2 heterocycles. The van der Waals surface area contributed by atoms with Crippen molar-refractivity contribution in [3.05, 3.63) is 29.3 Å². The van der Waals surface area contributed by atoms with E-state index in [4.69, 9.17) is 0 Å². The smallest absolute Gasteiger partial charge is 0.0416 e. The van der Waals surface area contributed by atoms with Crippen molar-refractivity contribution in [1.82, 2.24) is 10.2 Å². The van der Waals surface area contributed by atoms with Gasteiger partial charge in [0, 0.05) is 51.0 Å². The second-order valence-corrected chi connectivity index (χ2v) is 6.50. The van der Waals surface area contributed by atoms with Crippen molar-refractivity contribution >= 4 is 5.69 Å². The highest BCUT2D eigenvalue weighted by Crippen LogP contribution is 2.36. The summed E-state index contributed by atoms with van der Waals surface area (Å²) in [6.45, 7) is 6.91. The van der Waals surface area contributed by atoms with Crippen LogP contribution in [0.1, 0.15) is 36.8 Å². The lowest BCUT2D eigenvalue weighted by molar-refractivity contribution is 0.202. The molecule has 1 aromatic rings. The molecule has 20 heavy (non-hydrogen) atoms. The van der Waals surface area contributed by atoms with Crippen molar-refractivity contribution in [2.45, 2.75) is 44.8 Å². The van der Waals surface area contributed by atoms with E-state index in [9.17, 15) is 0 Å². The zero-order chi connectivity index (χ0) is 13.4. The molecule has 0 amide bonds. The van der Waals surface area contributed by atoms with Crippen molar-refractivity contribution in [3.63, 3.8) is 0 Å². The van der Waals surface area contributed by atoms with Crippen LogP contribution in [0.3, 0.4) is 0 Å². The largest absolute Gasteiger partial charge is 0.369 e. The summed E-state index contributed by atoms with van der Waals surface area (Å²) in [5.74, 6) is 0. The van der Waals surface area contributed by atoms with E-state index in [0.29, 0.717) is 0 Å². The Balaban J connectivity index is 1.57. The molecule has 0 aromatic heterocycles. The Kier molecular flexibility index (Phi) is 3.41. The van der Waals surface area contributed by atoms with Gasteiger partial charge in [0.25, 0.3) is 0 Å². The van der Waals surface area contributed by atoms with Gasteiger partial charge in [-0.15, -0.1) is 0 Å². The quantitative estimate of drug-likeness (QED) is 0.891. The van der Waals surface area contributed by atoms with Gasteiger partial charge < -0.3 is 10.2 Å². The molecule has 108 valence electrons. The van der Waals surface area contributed by atoms with Gasteiger partial charge >= 0.3 is 0 Å². The second kappa shape index (κ2) is 5.38. The molecule has 2 aliphatic heterocycles.